The van der Waals surface area contributed by atoms with Gasteiger partial charge in [-0.15, -0.1) is 0 Å². The molecule has 2 saturated carbocycles. The molecule has 12 nitrogen and oxygen atoms in total. The summed E-state index contributed by atoms with van der Waals surface area (Å²) in [5.74, 6) is -1.82. The molecule has 0 spiro atoms. The average Bonchev–Trinajstić information content (AvgIpc) is 3.77. The molecular weight excluding hydrogens is 608 g/mol. The highest BCUT2D eigenvalue weighted by Gasteiger charge is 2.55. The number of fused-ring (bicyclic) bond motifs is 2. The third-order valence-electron chi connectivity index (χ3n) is 8.05. The summed E-state index contributed by atoms with van der Waals surface area (Å²) in [6.45, 7) is -4.69. The van der Waals surface area contributed by atoms with E-state index in [9.17, 15) is 4.79 Å². The van der Waals surface area contributed by atoms with Gasteiger partial charge < -0.3 is 54.1 Å². The van der Waals surface area contributed by atoms with Crippen molar-refractivity contribution in [2.75, 3.05) is 26.2 Å². The summed E-state index contributed by atoms with van der Waals surface area (Å²) >= 11 is 0. The van der Waals surface area contributed by atoms with Gasteiger partial charge in [0.25, 0.3) is 0 Å². The van der Waals surface area contributed by atoms with Crippen LogP contribution in [0.3, 0.4) is 0 Å². The summed E-state index contributed by atoms with van der Waals surface area (Å²) in [5, 5.41) is 11.9. The Kier molecular flexibility index (Phi) is 9.03. The Morgan fingerprint density at radius 1 is 0.809 bits per heavy atom. The van der Waals surface area contributed by atoms with Gasteiger partial charge in [-0.2, -0.15) is 0 Å². The van der Waals surface area contributed by atoms with E-state index in [1.165, 1.54) is 0 Å². The highest BCUT2D eigenvalue weighted by molar-refractivity contribution is 5.67. The van der Waals surface area contributed by atoms with Crippen LogP contribution >= 0.6 is 0 Å². The van der Waals surface area contributed by atoms with Gasteiger partial charge in [-0.25, -0.2) is 4.79 Å². The SMILES string of the molecule is [2H]C([2H])(O)C([2H])([2H])O[C@H]1C[C@@H](N)[C@@H]2OC(C)(C)O[C@@H]21.[2H]C([2H])(OCc1ccccc1)C([2H])([2H])O[C@H]1C[C@@H](NC(=O)OCc2ccccc2)[C@@H]2OC(C)(C)O[C@@H]21. The van der Waals surface area contributed by atoms with E-state index in [0.29, 0.717) is 5.56 Å². The fourth-order valence-corrected chi connectivity index (χ4v) is 6.12. The summed E-state index contributed by atoms with van der Waals surface area (Å²) in [6, 6.07) is 17.2. The van der Waals surface area contributed by atoms with Crippen LogP contribution in [0.1, 0.15) is 62.6 Å². The minimum atomic E-state index is -3.11. The molecule has 0 unspecified atom stereocenters. The molecular formula is C35H50N2O10. The summed E-state index contributed by atoms with van der Waals surface area (Å²) < 4.78 is 106. The summed E-state index contributed by atoms with van der Waals surface area (Å²) in [5.41, 5.74) is 7.43. The molecule has 2 aromatic rings. The van der Waals surface area contributed by atoms with Crippen LogP contribution in [0.2, 0.25) is 0 Å². The largest absolute Gasteiger partial charge is 0.445 e. The molecule has 2 aromatic carbocycles. The van der Waals surface area contributed by atoms with Gasteiger partial charge in [-0.1, -0.05) is 60.7 Å². The second-order valence-corrected chi connectivity index (χ2v) is 12.6. The van der Waals surface area contributed by atoms with Crippen molar-refractivity contribution in [3.63, 3.8) is 0 Å². The number of hydrogen-bond donors (Lipinski definition) is 3. The molecule has 4 aliphatic rings. The smallest absolute Gasteiger partial charge is 0.407 e. The quantitative estimate of drug-likeness (QED) is 0.306. The first kappa shape index (κ1) is 26.2. The molecule has 8 atom stereocenters. The van der Waals surface area contributed by atoms with E-state index in [1.807, 2.05) is 36.4 Å². The Balaban J connectivity index is 0.000000256. The van der Waals surface area contributed by atoms with Crippen molar-refractivity contribution in [3.8, 4) is 0 Å². The number of ether oxygens (including phenoxy) is 8. The fourth-order valence-electron chi connectivity index (χ4n) is 6.12. The Morgan fingerprint density at radius 2 is 1.34 bits per heavy atom. The number of nitrogens with one attached hydrogen (secondary N) is 1. The van der Waals surface area contributed by atoms with Crippen molar-refractivity contribution < 1.29 is 58.8 Å². The van der Waals surface area contributed by atoms with Crippen LogP contribution in [0.4, 0.5) is 4.79 Å². The van der Waals surface area contributed by atoms with Crippen LogP contribution in [0.25, 0.3) is 0 Å². The average molecular weight is 667 g/mol. The number of carbonyl (C=O) groups excluding carboxylic acids is 1. The molecule has 2 aliphatic heterocycles. The summed E-state index contributed by atoms with van der Waals surface area (Å²) in [6.07, 6.45) is -4.23. The van der Waals surface area contributed by atoms with Gasteiger partial charge in [0.1, 0.15) is 31.0 Å². The lowest BCUT2D eigenvalue weighted by Gasteiger charge is -2.24. The molecule has 0 bridgehead atoms. The number of aliphatic hydroxyl groups is 1. The highest BCUT2D eigenvalue weighted by Crippen LogP contribution is 2.40. The molecule has 47 heavy (non-hydrogen) atoms. The van der Waals surface area contributed by atoms with E-state index in [-0.39, 0.29) is 32.1 Å². The molecule has 2 aliphatic carbocycles. The lowest BCUT2D eigenvalue weighted by molar-refractivity contribution is -0.169. The molecule has 2 heterocycles. The molecule has 0 radical (unpaired) electrons. The molecule has 0 aromatic heterocycles. The summed E-state index contributed by atoms with van der Waals surface area (Å²) in [4.78, 5) is 12.5. The Morgan fingerprint density at radius 3 is 1.98 bits per heavy atom. The zero-order valence-corrected chi connectivity index (χ0v) is 26.9. The zero-order chi connectivity index (χ0) is 40.6. The molecule has 1 amide bonds. The first-order valence-electron chi connectivity index (χ1n) is 19.6. The third-order valence-corrected chi connectivity index (χ3v) is 8.05. The second kappa shape index (κ2) is 16.2. The molecule has 6 rings (SSSR count). The van der Waals surface area contributed by atoms with Crippen LogP contribution in [0.15, 0.2) is 60.7 Å². The molecule has 4 fully saturated rings. The van der Waals surface area contributed by atoms with Crippen LogP contribution < -0.4 is 11.1 Å². The van der Waals surface area contributed by atoms with Gasteiger partial charge in [-0.05, 0) is 51.7 Å². The lowest BCUT2D eigenvalue weighted by atomic mass is 10.2. The number of alkyl carbamates (subject to hydrolysis) is 1. The van der Waals surface area contributed by atoms with E-state index < -0.39 is 86.6 Å². The predicted molar refractivity (Wildman–Crippen MR) is 171 cm³/mol. The van der Waals surface area contributed by atoms with Gasteiger partial charge in [0.2, 0.25) is 0 Å². The van der Waals surface area contributed by atoms with Crippen molar-refractivity contribution in [2.24, 2.45) is 5.73 Å². The van der Waals surface area contributed by atoms with Crippen LogP contribution in [0.5, 0.6) is 0 Å². The molecule has 4 N–H and O–H groups in total. The van der Waals surface area contributed by atoms with Crippen LogP contribution in [0, 0.1) is 0 Å². The van der Waals surface area contributed by atoms with Gasteiger partial charge in [-0.3, -0.25) is 0 Å². The molecule has 12 heteroatoms. The zero-order valence-electron chi connectivity index (χ0n) is 34.9. The maximum Gasteiger partial charge on any atom is 0.407 e. The minimum Gasteiger partial charge on any atom is -0.445 e. The number of nitrogens with two attached hydrogens (primary N) is 1. The Labute approximate surface area is 288 Å². The van der Waals surface area contributed by atoms with Crippen LogP contribution in [-0.4, -0.2) is 97.7 Å². The number of benzene rings is 2. The van der Waals surface area contributed by atoms with Crippen molar-refractivity contribution in [1.29, 1.82) is 0 Å². The fraction of sp³-hybridized carbons (Fsp3) is 0.629. The predicted octanol–water partition coefficient (Wildman–Crippen LogP) is 3.42. The van der Waals surface area contributed by atoms with Crippen molar-refractivity contribution in [3.05, 3.63) is 71.8 Å². The van der Waals surface area contributed by atoms with Crippen molar-refractivity contribution in [2.45, 2.75) is 114 Å². The van der Waals surface area contributed by atoms with Gasteiger partial charge in [0.15, 0.2) is 11.6 Å². The van der Waals surface area contributed by atoms with E-state index in [1.54, 1.807) is 52.0 Å². The third kappa shape index (κ3) is 9.94. The summed E-state index contributed by atoms with van der Waals surface area (Å²) in [7, 11) is 0. The van der Waals surface area contributed by atoms with Crippen LogP contribution in [-0.2, 0) is 51.1 Å². The van der Waals surface area contributed by atoms with Gasteiger partial charge in [0, 0.05) is 6.04 Å². The lowest BCUT2D eigenvalue weighted by Crippen LogP contribution is -2.43. The first-order chi connectivity index (χ1) is 25.4. The van der Waals surface area contributed by atoms with Gasteiger partial charge in [0.05, 0.1) is 62.1 Å². The minimum absolute atomic E-state index is 0.0950. The number of carbonyl (C=O) groups is 1. The molecule has 260 valence electrons. The second-order valence-electron chi connectivity index (χ2n) is 12.6. The number of amides is 1. The normalized spacial score (nSPS) is 35.2. The maximum absolute atomic E-state index is 12.5. The van der Waals surface area contributed by atoms with Crippen molar-refractivity contribution in [1.82, 2.24) is 5.32 Å². The number of rotatable bonds is 12. The van der Waals surface area contributed by atoms with E-state index in [4.69, 9.17) is 59.7 Å². The van der Waals surface area contributed by atoms with E-state index >= 15 is 0 Å². The Hall–Kier alpha value is -2.65. The van der Waals surface area contributed by atoms with Crippen molar-refractivity contribution >= 4 is 6.09 Å². The monoisotopic (exact) mass is 666 g/mol. The first-order valence-corrected chi connectivity index (χ1v) is 15.6. The topological polar surface area (TPSA) is 149 Å². The number of hydrogen-bond acceptors (Lipinski definition) is 11. The maximum atomic E-state index is 12.5. The molecule has 2 saturated heterocycles. The van der Waals surface area contributed by atoms with Gasteiger partial charge >= 0.3 is 6.09 Å². The van der Waals surface area contributed by atoms with E-state index in [2.05, 4.69) is 5.32 Å². The standard InChI is InChI=1S/C25H31NO6.C10H19NO4/c1-25(2)31-22-20(26-24(27)30-17-19-11-7-4-8-12-19)15-21(23(22)32-25)29-14-13-28-16-18-9-5-3-6-10-18;1-10(2)14-8-6(11)5-7(9(8)15-10)13-4-3-12/h3-12,20-23H,13-17H2,1-2H3,(H,26,27);6-9,12H,3-5,11H2,1-2H3/t20-,21+,22+,23-;6-,7+,8+,9-/m11/s1/i13D2,14D2;3D2,4D2. The Bertz CT molecular complexity index is 1590. The van der Waals surface area contributed by atoms with E-state index in [0.717, 1.165) is 5.56 Å². The highest BCUT2D eigenvalue weighted by atomic mass is 16.8.